The van der Waals surface area contributed by atoms with Crippen LogP contribution < -0.4 is 19.9 Å². The minimum atomic E-state index is -1.36. The molecule has 1 N–H and O–H groups in total. The average molecular weight is 567 g/mol. The van der Waals surface area contributed by atoms with E-state index in [0.717, 1.165) is 55.1 Å². The third kappa shape index (κ3) is 5.47. The van der Waals surface area contributed by atoms with Crippen LogP contribution >= 0.6 is 23.2 Å². The number of aliphatic carboxylic acids is 1. The quantitative estimate of drug-likeness (QED) is 0.272. The summed E-state index contributed by atoms with van der Waals surface area (Å²) in [6.07, 6.45) is 4.68. The molecule has 3 aliphatic heterocycles. The number of rotatable bonds is 3. The van der Waals surface area contributed by atoms with Crippen molar-refractivity contribution in [1.82, 2.24) is 4.58 Å². The minimum Gasteiger partial charge on any atom is -0.545 e. The Balaban J connectivity index is 0.000000723. The number of aromatic carboxylic acids is 1. The molecule has 7 nitrogen and oxygen atoms in total. The van der Waals surface area contributed by atoms with E-state index < -0.39 is 11.9 Å². The minimum absolute atomic E-state index is 0.0915. The van der Waals surface area contributed by atoms with Gasteiger partial charge >= 0.3 is 0 Å². The van der Waals surface area contributed by atoms with E-state index in [1.807, 2.05) is 24.3 Å². The van der Waals surface area contributed by atoms with Gasteiger partial charge in [0.05, 0.1) is 17.1 Å². The molecule has 3 heterocycles. The summed E-state index contributed by atoms with van der Waals surface area (Å²) in [5.74, 6) is -1.52. The molecule has 9 heteroatoms. The number of hydrogen-bond acceptors (Lipinski definition) is 5. The van der Waals surface area contributed by atoms with E-state index in [0.29, 0.717) is 27.5 Å². The molecule has 39 heavy (non-hydrogen) atoms. The maximum Gasteiger partial charge on any atom is 0.300 e. The third-order valence-electron chi connectivity index (χ3n) is 7.19. The van der Waals surface area contributed by atoms with Gasteiger partial charge in [0, 0.05) is 83.3 Å². The van der Waals surface area contributed by atoms with Crippen molar-refractivity contribution in [3.05, 3.63) is 69.5 Å². The molecule has 0 aromatic heterocycles. The molecule has 0 spiro atoms. The first-order chi connectivity index (χ1) is 18.7. The van der Waals surface area contributed by atoms with E-state index in [1.54, 1.807) is 6.07 Å². The Kier molecular flexibility index (Phi) is 7.82. The van der Waals surface area contributed by atoms with Crippen LogP contribution in [0.3, 0.4) is 0 Å². The topological polar surface area (TPSA) is 96.8 Å². The van der Waals surface area contributed by atoms with Gasteiger partial charge in [-0.25, -0.2) is 4.58 Å². The van der Waals surface area contributed by atoms with E-state index >= 15 is 0 Å². The van der Waals surface area contributed by atoms with Crippen LogP contribution in [0.25, 0.3) is 33.4 Å². The number of carboxylic acids is 2. The van der Waals surface area contributed by atoms with Crippen LogP contribution in [0.1, 0.15) is 43.0 Å². The summed E-state index contributed by atoms with van der Waals surface area (Å²) in [4.78, 5) is 23.6. The number of nitrogens with zero attached hydrogens (tertiary/aromatic N) is 2. The lowest BCUT2D eigenvalue weighted by Gasteiger charge is -2.22. The SMILES string of the molecule is CC(=O)O.O=C([O-])c1c(Cl)ccc(Cl)c1-c1c2ccc(=[N+]3CCCC3)cc-2oc2cc(N3CCCC3)ccc12. The zero-order valence-electron chi connectivity index (χ0n) is 21.5. The first kappa shape index (κ1) is 27.0. The second-order valence-electron chi connectivity index (χ2n) is 9.81. The Morgan fingerprint density at radius 1 is 0.923 bits per heavy atom. The summed E-state index contributed by atoms with van der Waals surface area (Å²) in [6.45, 7) is 5.14. The number of halogens is 2. The molecule has 1 aliphatic carbocycles. The van der Waals surface area contributed by atoms with Crippen LogP contribution in [0, 0.1) is 0 Å². The van der Waals surface area contributed by atoms with E-state index in [9.17, 15) is 9.90 Å². The Morgan fingerprint density at radius 3 is 2.26 bits per heavy atom. The van der Waals surface area contributed by atoms with Gasteiger partial charge in [0.25, 0.3) is 5.97 Å². The van der Waals surface area contributed by atoms with Crippen molar-refractivity contribution in [1.29, 1.82) is 0 Å². The Hall–Kier alpha value is -3.55. The number of hydrogen-bond donors (Lipinski definition) is 1. The highest BCUT2D eigenvalue weighted by molar-refractivity contribution is 6.39. The normalized spacial score (nSPS) is 15.1. The molecule has 0 saturated carbocycles. The van der Waals surface area contributed by atoms with E-state index in [2.05, 4.69) is 21.6 Å². The van der Waals surface area contributed by atoms with Crippen LogP contribution in [-0.4, -0.2) is 43.2 Å². The van der Waals surface area contributed by atoms with Crippen LogP contribution in [0.5, 0.6) is 0 Å². The lowest BCUT2D eigenvalue weighted by molar-refractivity contribution is -0.254. The third-order valence-corrected chi connectivity index (χ3v) is 7.82. The maximum absolute atomic E-state index is 12.2. The number of carboxylic acid groups (broad SMARTS) is 2. The van der Waals surface area contributed by atoms with Gasteiger partial charge in [0.15, 0.2) is 0 Å². The molecule has 0 unspecified atom stereocenters. The zero-order chi connectivity index (χ0) is 27.7. The van der Waals surface area contributed by atoms with Crippen molar-refractivity contribution in [2.24, 2.45) is 0 Å². The van der Waals surface area contributed by atoms with Gasteiger partial charge in [-0.2, -0.15) is 0 Å². The fourth-order valence-corrected chi connectivity index (χ4v) is 5.96. The number of anilines is 1. The molecule has 2 aromatic rings. The Bertz CT molecular complexity index is 1610. The number of benzene rings is 3. The molecule has 2 saturated heterocycles. The van der Waals surface area contributed by atoms with Gasteiger partial charge in [-0.1, -0.05) is 23.2 Å². The molecular formula is C30H28Cl2N2O5. The van der Waals surface area contributed by atoms with E-state index in [1.165, 1.54) is 31.7 Å². The largest absolute Gasteiger partial charge is 0.545 e. The lowest BCUT2D eigenvalue weighted by Crippen LogP contribution is -2.26. The van der Waals surface area contributed by atoms with Crippen LogP contribution in [0.2, 0.25) is 10.0 Å². The van der Waals surface area contributed by atoms with Gasteiger partial charge in [0.2, 0.25) is 5.36 Å². The van der Waals surface area contributed by atoms with Crippen LogP contribution in [0.15, 0.2) is 52.9 Å². The highest BCUT2D eigenvalue weighted by Crippen LogP contribution is 2.46. The fraction of sp³-hybridized carbons (Fsp3) is 0.300. The van der Waals surface area contributed by atoms with Crippen molar-refractivity contribution < 1.29 is 24.2 Å². The van der Waals surface area contributed by atoms with E-state index in [-0.39, 0.29) is 10.6 Å². The summed E-state index contributed by atoms with van der Waals surface area (Å²) in [5.41, 5.74) is 3.48. The second kappa shape index (κ2) is 11.3. The lowest BCUT2D eigenvalue weighted by atomic mass is 9.90. The standard InChI is InChI=1S/C28H24Cl2N2O3.C2H4O2/c29-21-9-10-22(30)27(28(33)34)26(21)25-19-7-5-17(31-11-1-2-12-31)15-23(19)35-24-16-18(6-8-20(24)25)32-13-3-4-14-32;1-2(3)4/h5-10,15-16H,1-4,11-14H2;1H3,(H,3,4). The van der Waals surface area contributed by atoms with Crippen molar-refractivity contribution in [2.75, 3.05) is 31.1 Å². The van der Waals surface area contributed by atoms with Crippen LogP contribution in [-0.2, 0) is 4.79 Å². The summed E-state index contributed by atoms with van der Waals surface area (Å²) >= 11 is 13.0. The van der Waals surface area contributed by atoms with Crippen LogP contribution in [0.4, 0.5) is 5.69 Å². The molecular weight excluding hydrogens is 539 g/mol. The molecule has 0 amide bonds. The number of fused-ring (bicyclic) bond motifs is 2. The van der Waals surface area contributed by atoms with Gasteiger partial charge < -0.3 is 24.3 Å². The molecule has 0 atom stereocenters. The summed E-state index contributed by atoms with van der Waals surface area (Å²) in [5, 5.41) is 21.9. The van der Waals surface area contributed by atoms with Gasteiger partial charge in [-0.3, -0.25) is 4.79 Å². The fourth-order valence-electron chi connectivity index (χ4n) is 5.48. The molecule has 6 rings (SSSR count). The highest BCUT2D eigenvalue weighted by Gasteiger charge is 2.25. The van der Waals surface area contributed by atoms with Crippen molar-refractivity contribution >= 4 is 51.8 Å². The molecule has 2 fully saturated rings. The van der Waals surface area contributed by atoms with E-state index in [4.69, 9.17) is 37.5 Å². The van der Waals surface area contributed by atoms with Crippen molar-refractivity contribution in [2.45, 2.75) is 32.6 Å². The summed E-state index contributed by atoms with van der Waals surface area (Å²) < 4.78 is 8.83. The molecule has 2 aromatic carbocycles. The molecule has 4 aliphatic rings. The Morgan fingerprint density at radius 2 is 1.59 bits per heavy atom. The molecule has 202 valence electrons. The number of carbonyl (C=O) groups is 2. The summed E-state index contributed by atoms with van der Waals surface area (Å²) in [6, 6.07) is 15.3. The van der Waals surface area contributed by atoms with Gasteiger partial charge in [-0.05, 0) is 43.2 Å². The number of carbonyl (C=O) groups excluding carboxylic acids is 1. The first-order valence-electron chi connectivity index (χ1n) is 13.0. The Labute approximate surface area is 235 Å². The smallest absolute Gasteiger partial charge is 0.300 e. The predicted octanol–water partition coefficient (Wildman–Crippen LogP) is 5.13. The molecule has 0 radical (unpaired) electrons. The monoisotopic (exact) mass is 566 g/mol. The summed E-state index contributed by atoms with van der Waals surface area (Å²) in [7, 11) is 0. The first-order valence-corrected chi connectivity index (χ1v) is 13.7. The van der Waals surface area contributed by atoms with Crippen molar-refractivity contribution in [3.63, 3.8) is 0 Å². The van der Waals surface area contributed by atoms with Gasteiger partial charge in [0.1, 0.15) is 24.4 Å². The average Bonchev–Trinajstić information content (AvgIpc) is 3.62. The predicted molar refractivity (Wildman–Crippen MR) is 152 cm³/mol. The molecule has 0 bridgehead atoms. The van der Waals surface area contributed by atoms with Gasteiger partial charge in [-0.15, -0.1) is 0 Å². The maximum atomic E-state index is 12.2. The highest BCUT2D eigenvalue weighted by atomic mass is 35.5. The zero-order valence-corrected chi connectivity index (χ0v) is 23.0. The second-order valence-corrected chi connectivity index (χ2v) is 10.6. The van der Waals surface area contributed by atoms with Crippen molar-refractivity contribution in [3.8, 4) is 22.5 Å².